The minimum atomic E-state index is -0.892. The Hall–Kier alpha value is -0.660. The van der Waals surface area contributed by atoms with E-state index in [0.29, 0.717) is 0 Å². The quantitative estimate of drug-likeness (QED) is 0.658. The fraction of sp³-hybridized carbons (Fsp3) is 0.846. The van der Waals surface area contributed by atoms with E-state index in [-0.39, 0.29) is 11.6 Å². The normalized spacial score (nSPS) is 13.9. The van der Waals surface area contributed by atoms with Crippen molar-refractivity contribution in [1.29, 1.82) is 0 Å². The standard InChI is InChI=1S/C13H24O2/c1-11(2,3)9(14)13(7,8)10(15)12(4,5)6/h1-8H3. The van der Waals surface area contributed by atoms with Crippen LogP contribution in [0.5, 0.6) is 0 Å². The van der Waals surface area contributed by atoms with Crippen molar-refractivity contribution in [2.75, 3.05) is 0 Å². The Bertz CT molecular complexity index is 244. The minimum absolute atomic E-state index is 0.00919. The number of carbonyl (C=O) groups is 2. The molecule has 2 heteroatoms. The maximum Gasteiger partial charge on any atom is 0.151 e. The van der Waals surface area contributed by atoms with Gasteiger partial charge in [0.25, 0.3) is 0 Å². The summed E-state index contributed by atoms with van der Waals surface area (Å²) in [6.45, 7) is 14.6. The molecule has 2 nitrogen and oxygen atoms in total. The summed E-state index contributed by atoms with van der Waals surface area (Å²) in [4.78, 5) is 24.3. The van der Waals surface area contributed by atoms with Gasteiger partial charge < -0.3 is 0 Å². The Morgan fingerprint density at radius 1 is 0.600 bits per heavy atom. The molecule has 0 aliphatic heterocycles. The van der Waals surface area contributed by atoms with Crippen molar-refractivity contribution in [1.82, 2.24) is 0 Å². The molecule has 0 saturated carbocycles. The first-order valence-corrected chi connectivity index (χ1v) is 5.41. The van der Waals surface area contributed by atoms with Crippen molar-refractivity contribution in [2.24, 2.45) is 16.2 Å². The zero-order valence-electron chi connectivity index (χ0n) is 11.3. The molecule has 0 spiro atoms. The van der Waals surface area contributed by atoms with Gasteiger partial charge in [-0.2, -0.15) is 0 Å². The number of ketones is 2. The van der Waals surface area contributed by atoms with E-state index in [2.05, 4.69) is 0 Å². The molecule has 0 fully saturated rings. The second-order valence-electron chi connectivity index (χ2n) is 6.78. The molecule has 0 amide bonds. The highest BCUT2D eigenvalue weighted by Gasteiger charge is 2.45. The van der Waals surface area contributed by atoms with Crippen LogP contribution in [0.15, 0.2) is 0 Å². The summed E-state index contributed by atoms with van der Waals surface area (Å²) >= 11 is 0. The number of carbonyl (C=O) groups excluding carboxylic acids is 2. The molecule has 15 heavy (non-hydrogen) atoms. The lowest BCUT2D eigenvalue weighted by molar-refractivity contribution is -0.148. The molecular formula is C13H24O2. The maximum atomic E-state index is 12.2. The Kier molecular flexibility index (Phi) is 3.56. The minimum Gasteiger partial charge on any atom is -0.298 e. The van der Waals surface area contributed by atoms with Gasteiger partial charge in [0.15, 0.2) is 11.6 Å². The first kappa shape index (κ1) is 14.3. The van der Waals surface area contributed by atoms with Gasteiger partial charge in [0.05, 0.1) is 5.41 Å². The molecule has 0 heterocycles. The van der Waals surface area contributed by atoms with Gasteiger partial charge in [-0.3, -0.25) is 9.59 Å². The second kappa shape index (κ2) is 3.73. The topological polar surface area (TPSA) is 34.1 Å². The SMILES string of the molecule is CC(C)(C)C(=O)C(C)(C)C(=O)C(C)(C)C. The second-order valence-corrected chi connectivity index (χ2v) is 6.78. The molecule has 0 bridgehead atoms. The summed E-state index contributed by atoms with van der Waals surface area (Å²) < 4.78 is 0. The average Bonchev–Trinajstić information content (AvgIpc) is 1.98. The van der Waals surface area contributed by atoms with E-state index in [9.17, 15) is 9.59 Å². The molecule has 0 radical (unpaired) electrons. The van der Waals surface area contributed by atoms with Crippen LogP contribution in [-0.4, -0.2) is 11.6 Å². The highest BCUT2D eigenvalue weighted by molar-refractivity contribution is 6.09. The lowest BCUT2D eigenvalue weighted by Gasteiger charge is -2.34. The Morgan fingerprint density at radius 2 is 0.800 bits per heavy atom. The van der Waals surface area contributed by atoms with E-state index in [1.54, 1.807) is 13.8 Å². The van der Waals surface area contributed by atoms with E-state index < -0.39 is 16.2 Å². The number of hydrogen-bond acceptors (Lipinski definition) is 2. The van der Waals surface area contributed by atoms with Gasteiger partial charge in [-0.1, -0.05) is 41.5 Å². The molecule has 0 aromatic rings. The zero-order chi connectivity index (χ0) is 12.7. The largest absolute Gasteiger partial charge is 0.298 e. The van der Waals surface area contributed by atoms with Crippen molar-refractivity contribution in [3.63, 3.8) is 0 Å². The fourth-order valence-electron chi connectivity index (χ4n) is 1.98. The van der Waals surface area contributed by atoms with Gasteiger partial charge in [0.1, 0.15) is 0 Å². The molecular weight excluding hydrogens is 188 g/mol. The molecule has 0 rings (SSSR count). The fourth-order valence-corrected chi connectivity index (χ4v) is 1.98. The van der Waals surface area contributed by atoms with Crippen LogP contribution >= 0.6 is 0 Å². The van der Waals surface area contributed by atoms with Crippen LogP contribution in [0.3, 0.4) is 0 Å². The molecule has 0 unspecified atom stereocenters. The molecule has 0 aliphatic carbocycles. The predicted octanol–water partition coefficient (Wildman–Crippen LogP) is 3.24. The van der Waals surface area contributed by atoms with Crippen LogP contribution in [-0.2, 0) is 9.59 Å². The molecule has 0 aliphatic rings. The molecule has 0 atom stereocenters. The molecule has 0 aromatic heterocycles. The first-order valence-electron chi connectivity index (χ1n) is 5.41. The third-order valence-corrected chi connectivity index (χ3v) is 2.50. The van der Waals surface area contributed by atoms with E-state index >= 15 is 0 Å². The first-order chi connectivity index (χ1) is 6.31. The molecule has 0 aromatic carbocycles. The van der Waals surface area contributed by atoms with Gasteiger partial charge in [0, 0.05) is 10.8 Å². The maximum absolute atomic E-state index is 12.2. The van der Waals surface area contributed by atoms with Gasteiger partial charge >= 0.3 is 0 Å². The van der Waals surface area contributed by atoms with Gasteiger partial charge in [-0.05, 0) is 13.8 Å². The summed E-state index contributed by atoms with van der Waals surface area (Å²) in [5, 5.41) is 0. The summed E-state index contributed by atoms with van der Waals surface area (Å²) in [6, 6.07) is 0. The van der Waals surface area contributed by atoms with Crippen molar-refractivity contribution < 1.29 is 9.59 Å². The highest BCUT2D eigenvalue weighted by Crippen LogP contribution is 2.35. The molecule has 88 valence electrons. The van der Waals surface area contributed by atoms with Crippen LogP contribution in [0.2, 0.25) is 0 Å². The van der Waals surface area contributed by atoms with E-state index in [1.165, 1.54) is 0 Å². The van der Waals surface area contributed by atoms with Crippen molar-refractivity contribution >= 4 is 11.6 Å². The molecule has 0 N–H and O–H groups in total. The van der Waals surface area contributed by atoms with Gasteiger partial charge in [-0.25, -0.2) is 0 Å². The van der Waals surface area contributed by atoms with E-state index in [4.69, 9.17) is 0 Å². The van der Waals surface area contributed by atoms with Crippen molar-refractivity contribution in [3.8, 4) is 0 Å². The third kappa shape index (κ3) is 3.15. The Balaban J connectivity index is 5.18. The van der Waals surface area contributed by atoms with Gasteiger partial charge in [-0.15, -0.1) is 0 Å². The predicted molar refractivity (Wildman–Crippen MR) is 62.7 cm³/mol. The van der Waals surface area contributed by atoms with Crippen LogP contribution < -0.4 is 0 Å². The van der Waals surface area contributed by atoms with Crippen LogP contribution in [0, 0.1) is 16.2 Å². The van der Waals surface area contributed by atoms with Crippen LogP contribution in [0.4, 0.5) is 0 Å². The summed E-state index contributed by atoms with van der Waals surface area (Å²) in [6.07, 6.45) is 0. The molecule has 0 saturated heterocycles. The number of Topliss-reactive ketones (excluding diaryl/α,β-unsaturated/α-hetero) is 2. The monoisotopic (exact) mass is 212 g/mol. The lowest BCUT2D eigenvalue weighted by atomic mass is 9.66. The number of hydrogen-bond donors (Lipinski definition) is 0. The van der Waals surface area contributed by atoms with Crippen LogP contribution in [0.1, 0.15) is 55.4 Å². The van der Waals surface area contributed by atoms with E-state index in [0.717, 1.165) is 0 Å². The van der Waals surface area contributed by atoms with E-state index in [1.807, 2.05) is 41.5 Å². The summed E-state index contributed by atoms with van der Waals surface area (Å²) in [5.74, 6) is 0.0184. The lowest BCUT2D eigenvalue weighted by Crippen LogP contribution is -2.45. The third-order valence-electron chi connectivity index (χ3n) is 2.50. The summed E-state index contributed by atoms with van der Waals surface area (Å²) in [5.41, 5.74) is -1.83. The average molecular weight is 212 g/mol. The van der Waals surface area contributed by atoms with Crippen molar-refractivity contribution in [2.45, 2.75) is 55.4 Å². The van der Waals surface area contributed by atoms with Crippen LogP contribution in [0.25, 0.3) is 0 Å². The van der Waals surface area contributed by atoms with Gasteiger partial charge in [0.2, 0.25) is 0 Å². The Morgan fingerprint density at radius 3 is 0.933 bits per heavy atom. The smallest absolute Gasteiger partial charge is 0.151 e. The van der Waals surface area contributed by atoms with Crippen molar-refractivity contribution in [3.05, 3.63) is 0 Å². The zero-order valence-corrected chi connectivity index (χ0v) is 11.3. The Labute approximate surface area is 93.4 Å². The number of rotatable bonds is 2. The highest BCUT2D eigenvalue weighted by atomic mass is 16.2. The summed E-state index contributed by atoms with van der Waals surface area (Å²) in [7, 11) is 0.